The van der Waals surface area contributed by atoms with Crippen LogP contribution in [0.25, 0.3) is 0 Å². The van der Waals surface area contributed by atoms with Gasteiger partial charge in [0, 0.05) is 24.4 Å². The van der Waals surface area contributed by atoms with Crippen molar-refractivity contribution in [2.75, 3.05) is 6.61 Å². The van der Waals surface area contributed by atoms with E-state index in [1.165, 1.54) is 0 Å². The molecule has 1 aromatic carbocycles. The molecule has 0 radical (unpaired) electrons. The van der Waals surface area contributed by atoms with Crippen LogP contribution in [-0.4, -0.2) is 24.3 Å². The number of carbonyl (C=O) groups is 2. The standard InChI is InChI=1S/C17H25NO3/c1-4-14(5-2)18-17(20)12-11-16(19)13-7-9-15(10-8-13)21-6-3/h7-10,14H,4-6,11-12H2,1-3H3,(H,18,20). The van der Waals surface area contributed by atoms with E-state index in [2.05, 4.69) is 5.32 Å². The third kappa shape index (κ3) is 5.98. The summed E-state index contributed by atoms with van der Waals surface area (Å²) in [5.74, 6) is 0.682. The Morgan fingerprint density at radius 2 is 1.67 bits per heavy atom. The lowest BCUT2D eigenvalue weighted by Crippen LogP contribution is -2.33. The molecule has 1 amide bonds. The number of ketones is 1. The molecule has 0 aliphatic heterocycles. The van der Waals surface area contributed by atoms with E-state index < -0.39 is 0 Å². The SMILES string of the molecule is CCOc1ccc(C(=O)CCC(=O)NC(CC)CC)cc1. The van der Waals surface area contributed by atoms with Crippen LogP contribution < -0.4 is 10.1 Å². The summed E-state index contributed by atoms with van der Waals surface area (Å²) in [4.78, 5) is 23.8. The maximum Gasteiger partial charge on any atom is 0.220 e. The van der Waals surface area contributed by atoms with Gasteiger partial charge >= 0.3 is 0 Å². The minimum atomic E-state index is -0.0528. The number of nitrogens with one attached hydrogen (secondary N) is 1. The van der Waals surface area contributed by atoms with Crippen LogP contribution in [-0.2, 0) is 4.79 Å². The zero-order valence-electron chi connectivity index (χ0n) is 13.1. The summed E-state index contributed by atoms with van der Waals surface area (Å²) in [6.45, 7) is 6.60. The van der Waals surface area contributed by atoms with Crippen molar-refractivity contribution < 1.29 is 14.3 Å². The minimum Gasteiger partial charge on any atom is -0.494 e. The van der Waals surface area contributed by atoms with Crippen LogP contribution in [0.3, 0.4) is 0 Å². The summed E-state index contributed by atoms with van der Waals surface area (Å²) in [7, 11) is 0. The third-order valence-corrected chi connectivity index (χ3v) is 3.42. The monoisotopic (exact) mass is 291 g/mol. The molecule has 0 fully saturated rings. The number of hydrogen-bond acceptors (Lipinski definition) is 3. The van der Waals surface area contributed by atoms with Crippen molar-refractivity contribution >= 4 is 11.7 Å². The highest BCUT2D eigenvalue weighted by Crippen LogP contribution is 2.14. The highest BCUT2D eigenvalue weighted by Gasteiger charge is 2.12. The van der Waals surface area contributed by atoms with E-state index in [0.29, 0.717) is 12.2 Å². The fourth-order valence-corrected chi connectivity index (χ4v) is 2.07. The van der Waals surface area contributed by atoms with Crippen LogP contribution in [0, 0.1) is 0 Å². The number of Topliss-reactive ketones (excluding diaryl/α,β-unsaturated/α-hetero) is 1. The molecule has 1 N–H and O–H groups in total. The van der Waals surface area contributed by atoms with Crippen LogP contribution >= 0.6 is 0 Å². The molecule has 0 heterocycles. The first kappa shape index (κ1) is 17.2. The summed E-state index contributed by atoms with van der Waals surface area (Å²) in [5, 5.41) is 2.94. The van der Waals surface area contributed by atoms with E-state index in [-0.39, 0.29) is 30.6 Å². The summed E-state index contributed by atoms with van der Waals surface area (Å²) in [6, 6.07) is 7.25. The first-order valence-corrected chi connectivity index (χ1v) is 7.66. The molecular weight excluding hydrogens is 266 g/mol. The van der Waals surface area contributed by atoms with Crippen molar-refractivity contribution in [1.82, 2.24) is 5.32 Å². The van der Waals surface area contributed by atoms with Gasteiger partial charge in [0.15, 0.2) is 5.78 Å². The Morgan fingerprint density at radius 3 is 2.19 bits per heavy atom. The van der Waals surface area contributed by atoms with E-state index in [4.69, 9.17) is 4.74 Å². The quantitative estimate of drug-likeness (QED) is 0.710. The van der Waals surface area contributed by atoms with Crippen LogP contribution in [0.1, 0.15) is 56.8 Å². The topological polar surface area (TPSA) is 55.4 Å². The van der Waals surface area contributed by atoms with Gasteiger partial charge in [-0.15, -0.1) is 0 Å². The Labute approximate surface area is 126 Å². The van der Waals surface area contributed by atoms with Gasteiger partial charge in [-0.25, -0.2) is 0 Å². The lowest BCUT2D eigenvalue weighted by atomic mass is 10.1. The number of rotatable bonds is 9. The van der Waals surface area contributed by atoms with Crippen molar-refractivity contribution in [2.45, 2.75) is 52.5 Å². The molecular formula is C17H25NO3. The maximum atomic E-state index is 12.0. The fourth-order valence-electron chi connectivity index (χ4n) is 2.07. The van der Waals surface area contributed by atoms with Gasteiger partial charge in [-0.3, -0.25) is 9.59 Å². The van der Waals surface area contributed by atoms with Crippen LogP contribution in [0.2, 0.25) is 0 Å². The molecule has 0 unspecified atom stereocenters. The Balaban J connectivity index is 2.44. The average Bonchev–Trinajstić information content (AvgIpc) is 2.51. The Kier molecular flexibility index (Phi) is 7.51. The van der Waals surface area contributed by atoms with E-state index in [1.807, 2.05) is 20.8 Å². The van der Waals surface area contributed by atoms with E-state index in [1.54, 1.807) is 24.3 Å². The molecule has 21 heavy (non-hydrogen) atoms. The molecule has 0 spiro atoms. The number of hydrogen-bond donors (Lipinski definition) is 1. The smallest absolute Gasteiger partial charge is 0.220 e. The fraction of sp³-hybridized carbons (Fsp3) is 0.529. The minimum absolute atomic E-state index is 0.0160. The van der Waals surface area contributed by atoms with Crippen molar-refractivity contribution in [3.63, 3.8) is 0 Å². The molecule has 4 nitrogen and oxygen atoms in total. The van der Waals surface area contributed by atoms with Gasteiger partial charge in [0.25, 0.3) is 0 Å². The van der Waals surface area contributed by atoms with Crippen molar-refractivity contribution in [3.05, 3.63) is 29.8 Å². The van der Waals surface area contributed by atoms with Crippen molar-refractivity contribution in [2.24, 2.45) is 0 Å². The molecule has 0 aliphatic carbocycles. The second-order valence-corrected chi connectivity index (χ2v) is 4.96. The predicted molar refractivity (Wildman–Crippen MR) is 83.7 cm³/mol. The Morgan fingerprint density at radius 1 is 1.05 bits per heavy atom. The van der Waals surface area contributed by atoms with Gasteiger partial charge in [-0.05, 0) is 44.0 Å². The predicted octanol–water partition coefficient (Wildman–Crippen LogP) is 3.35. The molecule has 0 saturated heterocycles. The number of benzene rings is 1. The van der Waals surface area contributed by atoms with E-state index >= 15 is 0 Å². The summed E-state index contributed by atoms with van der Waals surface area (Å²) in [5.41, 5.74) is 0.619. The molecule has 0 aliphatic rings. The summed E-state index contributed by atoms with van der Waals surface area (Å²) in [6.07, 6.45) is 2.30. The molecule has 0 aromatic heterocycles. The molecule has 1 aromatic rings. The lowest BCUT2D eigenvalue weighted by Gasteiger charge is -2.14. The van der Waals surface area contributed by atoms with Gasteiger partial charge in [-0.2, -0.15) is 0 Å². The first-order chi connectivity index (χ1) is 10.1. The van der Waals surface area contributed by atoms with E-state index in [9.17, 15) is 9.59 Å². The third-order valence-electron chi connectivity index (χ3n) is 3.42. The van der Waals surface area contributed by atoms with Crippen molar-refractivity contribution in [3.8, 4) is 5.75 Å². The van der Waals surface area contributed by atoms with Crippen LogP contribution in [0.15, 0.2) is 24.3 Å². The second-order valence-electron chi connectivity index (χ2n) is 4.96. The summed E-state index contributed by atoms with van der Waals surface area (Å²) >= 11 is 0. The zero-order chi connectivity index (χ0) is 15.7. The average molecular weight is 291 g/mol. The highest BCUT2D eigenvalue weighted by molar-refractivity contribution is 5.98. The molecule has 0 bridgehead atoms. The van der Waals surface area contributed by atoms with Crippen molar-refractivity contribution in [1.29, 1.82) is 0 Å². The van der Waals surface area contributed by atoms with Gasteiger partial charge in [0.05, 0.1) is 6.61 Å². The summed E-state index contributed by atoms with van der Waals surface area (Å²) < 4.78 is 5.33. The number of carbonyl (C=O) groups excluding carboxylic acids is 2. The first-order valence-electron chi connectivity index (χ1n) is 7.66. The van der Waals surface area contributed by atoms with Crippen LogP contribution in [0.5, 0.6) is 5.75 Å². The van der Waals surface area contributed by atoms with Gasteiger partial charge in [0.2, 0.25) is 5.91 Å². The molecule has 4 heteroatoms. The highest BCUT2D eigenvalue weighted by atomic mass is 16.5. The molecule has 116 valence electrons. The maximum absolute atomic E-state index is 12.0. The molecule has 0 atom stereocenters. The number of ether oxygens (including phenoxy) is 1. The lowest BCUT2D eigenvalue weighted by molar-refractivity contribution is -0.121. The van der Waals surface area contributed by atoms with Gasteiger partial charge in [0.1, 0.15) is 5.75 Å². The Hall–Kier alpha value is -1.84. The normalized spacial score (nSPS) is 10.5. The zero-order valence-corrected chi connectivity index (χ0v) is 13.1. The van der Waals surface area contributed by atoms with Gasteiger partial charge in [-0.1, -0.05) is 13.8 Å². The Bertz CT molecular complexity index is 450. The second kappa shape index (κ2) is 9.16. The van der Waals surface area contributed by atoms with Crippen LogP contribution in [0.4, 0.5) is 0 Å². The number of amides is 1. The van der Waals surface area contributed by atoms with Gasteiger partial charge < -0.3 is 10.1 Å². The molecule has 1 rings (SSSR count). The van der Waals surface area contributed by atoms with E-state index in [0.717, 1.165) is 18.6 Å². The molecule has 0 saturated carbocycles. The largest absolute Gasteiger partial charge is 0.494 e.